The maximum absolute atomic E-state index is 12.1. The molecule has 0 radical (unpaired) electrons. The monoisotopic (exact) mass is 358 g/mol. The van der Waals surface area contributed by atoms with Crippen molar-refractivity contribution in [3.05, 3.63) is 21.0 Å². The van der Waals surface area contributed by atoms with Crippen LogP contribution < -0.4 is 16.6 Å². The van der Waals surface area contributed by atoms with Crippen LogP contribution in [0.3, 0.4) is 0 Å². The van der Waals surface area contributed by atoms with Gasteiger partial charge in [0.15, 0.2) is 0 Å². The SMILES string of the molecule is NC1C2CCCOC2C1Nc1cnn(CCO)c(=O)c1Br. The first-order valence-electron chi connectivity index (χ1n) is 7.13. The topological polar surface area (TPSA) is 102 Å². The number of aromatic nitrogens is 2. The van der Waals surface area contributed by atoms with Crippen LogP contribution in [0.15, 0.2) is 15.5 Å². The van der Waals surface area contributed by atoms with Gasteiger partial charge in [0, 0.05) is 18.6 Å². The van der Waals surface area contributed by atoms with Crippen molar-refractivity contribution in [3.63, 3.8) is 0 Å². The Morgan fingerprint density at radius 3 is 3.19 bits per heavy atom. The number of aliphatic hydroxyl groups is 1. The van der Waals surface area contributed by atoms with Gasteiger partial charge in [-0.2, -0.15) is 5.10 Å². The second-order valence-corrected chi connectivity index (χ2v) is 6.31. The summed E-state index contributed by atoms with van der Waals surface area (Å²) in [4.78, 5) is 12.1. The Balaban J connectivity index is 1.76. The predicted octanol–water partition coefficient (Wildman–Crippen LogP) is -0.0853. The third kappa shape index (κ3) is 2.61. The summed E-state index contributed by atoms with van der Waals surface area (Å²) >= 11 is 3.29. The third-order valence-corrected chi connectivity index (χ3v) is 5.06. The van der Waals surface area contributed by atoms with Gasteiger partial charge in [-0.05, 0) is 28.8 Å². The Labute approximate surface area is 130 Å². The molecule has 0 amide bonds. The predicted molar refractivity (Wildman–Crippen MR) is 81.1 cm³/mol. The van der Waals surface area contributed by atoms with E-state index in [1.54, 1.807) is 6.20 Å². The summed E-state index contributed by atoms with van der Waals surface area (Å²) in [6.45, 7) is 0.815. The van der Waals surface area contributed by atoms with E-state index >= 15 is 0 Å². The fourth-order valence-electron chi connectivity index (χ4n) is 3.13. The van der Waals surface area contributed by atoms with Crippen LogP contribution in [0.4, 0.5) is 5.69 Å². The van der Waals surface area contributed by atoms with Crippen molar-refractivity contribution < 1.29 is 9.84 Å². The molecule has 0 aromatic carbocycles. The van der Waals surface area contributed by atoms with Gasteiger partial charge in [-0.3, -0.25) is 4.79 Å². The van der Waals surface area contributed by atoms with Gasteiger partial charge in [0.1, 0.15) is 4.47 Å². The summed E-state index contributed by atoms with van der Waals surface area (Å²) in [5.74, 6) is 0.401. The zero-order chi connectivity index (χ0) is 15.0. The van der Waals surface area contributed by atoms with Gasteiger partial charge in [0.2, 0.25) is 0 Å². The molecule has 1 saturated heterocycles. The van der Waals surface area contributed by atoms with Crippen molar-refractivity contribution in [1.82, 2.24) is 9.78 Å². The van der Waals surface area contributed by atoms with Gasteiger partial charge in [0.25, 0.3) is 5.56 Å². The van der Waals surface area contributed by atoms with E-state index in [2.05, 4.69) is 26.3 Å². The fraction of sp³-hybridized carbons (Fsp3) is 0.692. The van der Waals surface area contributed by atoms with E-state index in [1.807, 2.05) is 0 Å². The van der Waals surface area contributed by atoms with Crippen molar-refractivity contribution in [1.29, 1.82) is 0 Å². The van der Waals surface area contributed by atoms with Gasteiger partial charge in [-0.1, -0.05) is 0 Å². The molecular formula is C13H19BrN4O3. The van der Waals surface area contributed by atoms with E-state index in [0.29, 0.717) is 16.1 Å². The lowest BCUT2D eigenvalue weighted by molar-refractivity contribution is -0.104. The zero-order valence-corrected chi connectivity index (χ0v) is 13.1. The molecule has 2 aliphatic rings. The summed E-state index contributed by atoms with van der Waals surface area (Å²) in [7, 11) is 0. The number of nitrogens with two attached hydrogens (primary N) is 1. The summed E-state index contributed by atoms with van der Waals surface area (Å²) in [6.07, 6.45) is 3.84. The number of nitrogens with zero attached hydrogens (tertiary/aromatic N) is 2. The van der Waals surface area contributed by atoms with E-state index in [9.17, 15) is 4.79 Å². The average molecular weight is 359 g/mol. The van der Waals surface area contributed by atoms with Crippen LogP contribution >= 0.6 is 15.9 Å². The molecule has 4 atom stereocenters. The van der Waals surface area contributed by atoms with Crippen LogP contribution in [0.5, 0.6) is 0 Å². The van der Waals surface area contributed by atoms with Crippen molar-refractivity contribution in [2.75, 3.05) is 18.5 Å². The lowest BCUT2D eigenvalue weighted by Crippen LogP contribution is -2.69. The number of fused-ring (bicyclic) bond motifs is 1. The Morgan fingerprint density at radius 1 is 1.62 bits per heavy atom. The normalized spacial score (nSPS) is 31.4. The fourth-order valence-corrected chi connectivity index (χ4v) is 3.55. The lowest BCUT2D eigenvalue weighted by atomic mass is 9.68. The molecule has 0 spiro atoms. The minimum absolute atomic E-state index is 0.00138. The lowest BCUT2D eigenvalue weighted by Gasteiger charge is -2.52. The molecule has 2 fully saturated rings. The highest BCUT2D eigenvalue weighted by Gasteiger charge is 2.50. The van der Waals surface area contributed by atoms with Gasteiger partial charge >= 0.3 is 0 Å². The molecule has 1 aliphatic heterocycles. The second kappa shape index (κ2) is 6.04. The maximum atomic E-state index is 12.1. The molecule has 4 N–H and O–H groups in total. The first kappa shape index (κ1) is 15.0. The molecule has 1 aliphatic carbocycles. The molecular weight excluding hydrogens is 340 g/mol. The summed E-state index contributed by atoms with van der Waals surface area (Å²) in [5.41, 5.74) is 6.53. The number of rotatable bonds is 4. The summed E-state index contributed by atoms with van der Waals surface area (Å²) in [5, 5.41) is 16.2. The highest BCUT2D eigenvalue weighted by atomic mass is 79.9. The molecule has 0 bridgehead atoms. The molecule has 2 heterocycles. The zero-order valence-electron chi connectivity index (χ0n) is 11.5. The summed E-state index contributed by atoms with van der Waals surface area (Å²) < 4.78 is 7.39. The molecule has 4 unspecified atom stereocenters. The van der Waals surface area contributed by atoms with Crippen molar-refractivity contribution in [2.45, 2.75) is 37.6 Å². The Kier molecular flexibility index (Phi) is 4.30. The van der Waals surface area contributed by atoms with E-state index in [1.165, 1.54) is 4.68 Å². The van der Waals surface area contributed by atoms with Crippen molar-refractivity contribution >= 4 is 21.6 Å². The van der Waals surface area contributed by atoms with Crippen LogP contribution in [0, 0.1) is 5.92 Å². The molecule has 116 valence electrons. The largest absolute Gasteiger partial charge is 0.394 e. The smallest absolute Gasteiger partial charge is 0.283 e. The van der Waals surface area contributed by atoms with Crippen LogP contribution in [0.1, 0.15) is 12.8 Å². The number of anilines is 1. The second-order valence-electron chi connectivity index (χ2n) is 5.51. The highest BCUT2D eigenvalue weighted by Crippen LogP contribution is 2.39. The number of hydrogen-bond acceptors (Lipinski definition) is 6. The third-order valence-electron chi connectivity index (χ3n) is 4.30. The van der Waals surface area contributed by atoms with E-state index in [4.69, 9.17) is 15.6 Å². The van der Waals surface area contributed by atoms with Gasteiger partial charge < -0.3 is 20.9 Å². The van der Waals surface area contributed by atoms with Crippen LogP contribution in [-0.4, -0.2) is 46.3 Å². The van der Waals surface area contributed by atoms with Crippen molar-refractivity contribution in [2.24, 2.45) is 11.7 Å². The molecule has 8 heteroatoms. The van der Waals surface area contributed by atoms with Gasteiger partial charge in [-0.15, -0.1) is 0 Å². The molecule has 1 saturated carbocycles. The number of ether oxygens (including phenoxy) is 1. The average Bonchev–Trinajstić information content (AvgIpc) is 2.51. The van der Waals surface area contributed by atoms with Crippen LogP contribution in [0.25, 0.3) is 0 Å². The molecule has 1 aromatic heterocycles. The Bertz CT molecular complexity index is 579. The standard InChI is InChI=1S/C13H19BrN4O3/c14-9-8(6-16-18(3-4-19)13(9)20)17-11-10(15)7-2-1-5-21-12(7)11/h6-7,10-12,17,19H,1-5,15H2. The van der Waals surface area contributed by atoms with E-state index < -0.39 is 0 Å². The highest BCUT2D eigenvalue weighted by molar-refractivity contribution is 9.10. The molecule has 1 aromatic rings. The quantitative estimate of drug-likeness (QED) is 0.695. The number of aliphatic hydroxyl groups excluding tert-OH is 1. The molecule has 7 nitrogen and oxygen atoms in total. The van der Waals surface area contributed by atoms with E-state index in [-0.39, 0.29) is 36.9 Å². The first-order valence-corrected chi connectivity index (χ1v) is 7.93. The van der Waals surface area contributed by atoms with E-state index in [0.717, 1.165) is 19.4 Å². The molecule has 21 heavy (non-hydrogen) atoms. The van der Waals surface area contributed by atoms with Crippen LogP contribution in [0.2, 0.25) is 0 Å². The number of nitrogens with one attached hydrogen (secondary N) is 1. The maximum Gasteiger partial charge on any atom is 0.283 e. The molecule has 3 rings (SSSR count). The number of hydrogen-bond donors (Lipinski definition) is 3. The first-order chi connectivity index (χ1) is 10.1. The summed E-state index contributed by atoms with van der Waals surface area (Å²) in [6, 6.07) is 0.0311. The van der Waals surface area contributed by atoms with Crippen molar-refractivity contribution in [3.8, 4) is 0 Å². The minimum Gasteiger partial charge on any atom is -0.394 e. The van der Waals surface area contributed by atoms with Gasteiger partial charge in [-0.25, -0.2) is 4.68 Å². The minimum atomic E-state index is -0.275. The Hall–Kier alpha value is -0.960. The Morgan fingerprint density at radius 2 is 2.43 bits per heavy atom. The number of halogens is 1. The van der Waals surface area contributed by atoms with Gasteiger partial charge in [0.05, 0.1) is 37.2 Å². The van der Waals surface area contributed by atoms with Crippen LogP contribution in [-0.2, 0) is 11.3 Å².